The van der Waals surface area contributed by atoms with Gasteiger partial charge in [0.15, 0.2) is 0 Å². The predicted molar refractivity (Wildman–Crippen MR) is 106 cm³/mol. The van der Waals surface area contributed by atoms with Crippen molar-refractivity contribution in [1.29, 1.82) is 0 Å². The third-order valence-corrected chi connectivity index (χ3v) is 5.51. The molecule has 27 heavy (non-hydrogen) atoms. The highest BCUT2D eigenvalue weighted by molar-refractivity contribution is 5.94. The van der Waals surface area contributed by atoms with Gasteiger partial charge >= 0.3 is 6.03 Å². The second-order valence-electron chi connectivity index (χ2n) is 7.58. The summed E-state index contributed by atoms with van der Waals surface area (Å²) >= 11 is 0. The smallest absolute Gasteiger partial charge is 0.321 e. The van der Waals surface area contributed by atoms with Crippen molar-refractivity contribution in [3.8, 4) is 0 Å². The van der Waals surface area contributed by atoms with Crippen molar-refractivity contribution in [2.45, 2.75) is 45.2 Å². The second-order valence-corrected chi connectivity index (χ2v) is 7.58. The standard InChI is InChI=1S/C20H30N4O3/c1-14-7-8-16(21-19(25)13-27-3)10-18(14)22-20(26)23-11-17(12-23)24-9-5-4-6-15(24)2/h7-8,10,15,17H,4-6,9,11-13H2,1-3H3,(H,21,25)(H,22,26)/t15-/m1/s1. The lowest BCUT2D eigenvalue weighted by Crippen LogP contribution is -2.64. The number of hydrogen-bond acceptors (Lipinski definition) is 4. The molecule has 3 amide bonds. The quantitative estimate of drug-likeness (QED) is 0.831. The van der Waals surface area contributed by atoms with Gasteiger partial charge < -0.3 is 20.3 Å². The van der Waals surface area contributed by atoms with Crippen LogP contribution in [0.2, 0.25) is 0 Å². The fraction of sp³-hybridized carbons (Fsp3) is 0.600. The summed E-state index contributed by atoms with van der Waals surface area (Å²) in [6.07, 6.45) is 3.82. The van der Waals surface area contributed by atoms with Crippen LogP contribution in [0.4, 0.5) is 16.2 Å². The molecule has 2 aliphatic rings. The number of nitrogens with one attached hydrogen (secondary N) is 2. The molecular weight excluding hydrogens is 344 g/mol. The number of likely N-dealkylation sites (tertiary alicyclic amines) is 2. The van der Waals surface area contributed by atoms with Gasteiger partial charge in [0.25, 0.3) is 0 Å². The van der Waals surface area contributed by atoms with E-state index in [9.17, 15) is 9.59 Å². The van der Waals surface area contributed by atoms with Gasteiger partial charge in [-0.1, -0.05) is 12.5 Å². The first-order chi connectivity index (χ1) is 13.0. The molecule has 0 aliphatic carbocycles. The Morgan fingerprint density at radius 2 is 2.00 bits per heavy atom. The minimum atomic E-state index is -0.222. The summed E-state index contributed by atoms with van der Waals surface area (Å²) in [5.74, 6) is -0.222. The lowest BCUT2D eigenvalue weighted by molar-refractivity contribution is -0.119. The highest BCUT2D eigenvalue weighted by Crippen LogP contribution is 2.26. The third-order valence-electron chi connectivity index (χ3n) is 5.51. The molecule has 1 aromatic rings. The van der Waals surface area contributed by atoms with Crippen molar-refractivity contribution in [2.24, 2.45) is 0 Å². The van der Waals surface area contributed by atoms with Gasteiger partial charge in [-0.25, -0.2) is 4.79 Å². The minimum Gasteiger partial charge on any atom is -0.375 e. The Labute approximate surface area is 161 Å². The fourth-order valence-corrected chi connectivity index (χ4v) is 3.85. The molecule has 148 valence electrons. The maximum Gasteiger partial charge on any atom is 0.321 e. The maximum absolute atomic E-state index is 12.6. The lowest BCUT2D eigenvalue weighted by Gasteiger charge is -2.49. The van der Waals surface area contributed by atoms with E-state index in [1.165, 1.54) is 26.4 Å². The Hall–Kier alpha value is -2.12. The van der Waals surface area contributed by atoms with Crippen LogP contribution in [0.3, 0.4) is 0 Å². The molecular formula is C20H30N4O3. The first-order valence-corrected chi connectivity index (χ1v) is 9.69. The Bertz CT molecular complexity index is 688. The van der Waals surface area contributed by atoms with Gasteiger partial charge in [0.05, 0.1) is 0 Å². The number of anilines is 2. The van der Waals surface area contributed by atoms with E-state index in [0.717, 1.165) is 25.2 Å². The Morgan fingerprint density at radius 3 is 2.70 bits per heavy atom. The largest absolute Gasteiger partial charge is 0.375 e. The van der Waals surface area contributed by atoms with Crippen LogP contribution in [0, 0.1) is 6.92 Å². The van der Waals surface area contributed by atoms with Crippen LogP contribution in [-0.4, -0.2) is 67.2 Å². The first kappa shape index (κ1) is 19.6. The molecule has 7 heteroatoms. The number of carbonyl (C=O) groups is 2. The van der Waals surface area contributed by atoms with Crippen LogP contribution < -0.4 is 10.6 Å². The van der Waals surface area contributed by atoms with E-state index in [-0.39, 0.29) is 18.5 Å². The average Bonchev–Trinajstić information content (AvgIpc) is 2.58. The van der Waals surface area contributed by atoms with E-state index in [2.05, 4.69) is 22.5 Å². The summed E-state index contributed by atoms with van der Waals surface area (Å²) in [6, 6.07) is 6.49. The van der Waals surface area contributed by atoms with Gasteiger partial charge in [-0.3, -0.25) is 9.69 Å². The van der Waals surface area contributed by atoms with Gasteiger partial charge in [0.2, 0.25) is 5.91 Å². The lowest BCUT2D eigenvalue weighted by atomic mass is 9.98. The molecule has 0 saturated carbocycles. The van der Waals surface area contributed by atoms with Gasteiger partial charge in [0.1, 0.15) is 6.61 Å². The molecule has 2 fully saturated rings. The third kappa shape index (κ3) is 4.78. The number of methoxy groups -OCH3 is 1. The van der Waals surface area contributed by atoms with Crippen molar-refractivity contribution in [1.82, 2.24) is 9.80 Å². The first-order valence-electron chi connectivity index (χ1n) is 9.69. The van der Waals surface area contributed by atoms with E-state index >= 15 is 0 Å². The van der Waals surface area contributed by atoms with Crippen LogP contribution >= 0.6 is 0 Å². The molecule has 0 spiro atoms. The number of amides is 3. The second kappa shape index (κ2) is 8.71. The fourth-order valence-electron chi connectivity index (χ4n) is 3.85. The number of piperidine rings is 1. The zero-order chi connectivity index (χ0) is 19.4. The Balaban J connectivity index is 1.54. The van der Waals surface area contributed by atoms with E-state index < -0.39 is 0 Å². The molecule has 1 aromatic carbocycles. The van der Waals surface area contributed by atoms with Gasteiger partial charge in [0, 0.05) is 43.7 Å². The summed E-state index contributed by atoms with van der Waals surface area (Å²) in [5, 5.41) is 5.74. The molecule has 2 aliphatic heterocycles. The van der Waals surface area contributed by atoms with E-state index in [1.807, 2.05) is 24.0 Å². The van der Waals surface area contributed by atoms with Crippen LogP contribution in [-0.2, 0) is 9.53 Å². The van der Waals surface area contributed by atoms with E-state index in [0.29, 0.717) is 23.5 Å². The van der Waals surface area contributed by atoms with Gasteiger partial charge in [-0.05, 0) is 50.9 Å². The van der Waals surface area contributed by atoms with Crippen molar-refractivity contribution in [3.05, 3.63) is 23.8 Å². The zero-order valence-corrected chi connectivity index (χ0v) is 16.5. The van der Waals surface area contributed by atoms with Gasteiger partial charge in [-0.2, -0.15) is 0 Å². The summed E-state index contributed by atoms with van der Waals surface area (Å²) in [6.45, 7) is 6.92. The SMILES string of the molecule is COCC(=O)Nc1ccc(C)c(NC(=O)N2CC(N3CCCC[C@H]3C)C2)c1. The number of carbonyl (C=O) groups excluding carboxylic acids is 2. The molecule has 3 rings (SSSR count). The normalized spacial score (nSPS) is 20.9. The number of rotatable bonds is 5. The molecule has 1 atom stereocenters. The Kier molecular flexibility index (Phi) is 6.34. The van der Waals surface area contributed by atoms with E-state index in [4.69, 9.17) is 4.74 Å². The zero-order valence-electron chi connectivity index (χ0n) is 16.5. The molecule has 0 unspecified atom stereocenters. The topological polar surface area (TPSA) is 73.9 Å². The molecule has 0 aromatic heterocycles. The molecule has 2 heterocycles. The van der Waals surface area contributed by atoms with Crippen molar-refractivity contribution in [2.75, 3.05) is 44.0 Å². The minimum absolute atomic E-state index is 0.000340. The molecule has 2 N–H and O–H groups in total. The van der Waals surface area contributed by atoms with Crippen LogP contribution in [0.25, 0.3) is 0 Å². The van der Waals surface area contributed by atoms with Crippen LogP contribution in [0.15, 0.2) is 18.2 Å². The van der Waals surface area contributed by atoms with Crippen LogP contribution in [0.1, 0.15) is 31.7 Å². The monoisotopic (exact) mass is 374 g/mol. The summed E-state index contributed by atoms with van der Waals surface area (Å²) in [4.78, 5) is 28.6. The number of aryl methyl sites for hydroxylation is 1. The van der Waals surface area contributed by atoms with Crippen molar-refractivity contribution in [3.63, 3.8) is 0 Å². The summed E-state index contributed by atoms with van der Waals surface area (Å²) < 4.78 is 4.82. The van der Waals surface area contributed by atoms with Gasteiger partial charge in [-0.15, -0.1) is 0 Å². The number of nitrogens with zero attached hydrogens (tertiary/aromatic N) is 2. The predicted octanol–water partition coefficient (Wildman–Crippen LogP) is 2.67. The number of urea groups is 1. The van der Waals surface area contributed by atoms with Crippen LogP contribution in [0.5, 0.6) is 0 Å². The van der Waals surface area contributed by atoms with Crippen molar-refractivity contribution >= 4 is 23.3 Å². The number of benzene rings is 1. The maximum atomic E-state index is 12.6. The average molecular weight is 374 g/mol. The number of ether oxygens (including phenoxy) is 1. The number of hydrogen-bond donors (Lipinski definition) is 2. The Morgan fingerprint density at radius 1 is 1.22 bits per heavy atom. The summed E-state index contributed by atoms with van der Waals surface area (Å²) in [5.41, 5.74) is 2.31. The highest BCUT2D eigenvalue weighted by Gasteiger charge is 2.37. The summed E-state index contributed by atoms with van der Waals surface area (Å²) in [7, 11) is 1.48. The molecule has 0 radical (unpaired) electrons. The van der Waals surface area contributed by atoms with Crippen molar-refractivity contribution < 1.29 is 14.3 Å². The highest BCUT2D eigenvalue weighted by atomic mass is 16.5. The molecule has 0 bridgehead atoms. The molecule has 7 nitrogen and oxygen atoms in total. The van der Waals surface area contributed by atoms with E-state index in [1.54, 1.807) is 6.07 Å². The molecule has 2 saturated heterocycles.